The number of likely N-dealkylation sites (tertiary alicyclic amines) is 1. The van der Waals surface area contributed by atoms with E-state index in [9.17, 15) is 4.39 Å². The monoisotopic (exact) mass is 320 g/mol. The van der Waals surface area contributed by atoms with Gasteiger partial charge in [-0.3, -0.25) is 4.90 Å². The molecule has 1 aromatic carbocycles. The Bertz CT molecular complexity index is 664. The topological polar surface area (TPSA) is 41.0 Å². The van der Waals surface area contributed by atoms with Gasteiger partial charge in [-0.1, -0.05) is 17.7 Å². The standard InChI is InChI=1S/C16H18ClFN4/c1-11-6-16(20-10-19-11)21-13-4-5-22(9-13)8-12-2-3-14(17)15(18)7-12/h2-3,6-7,10,13H,4-5,8-9H2,1H3,(H,19,20,21). The number of halogens is 2. The molecule has 3 rings (SSSR count). The molecule has 22 heavy (non-hydrogen) atoms. The molecule has 1 aromatic heterocycles. The second-order valence-corrected chi connectivity index (χ2v) is 6.07. The largest absolute Gasteiger partial charge is 0.366 e. The van der Waals surface area contributed by atoms with Gasteiger partial charge in [-0.2, -0.15) is 0 Å². The molecule has 0 saturated carbocycles. The van der Waals surface area contributed by atoms with Crippen LogP contribution in [0.5, 0.6) is 0 Å². The lowest BCUT2D eigenvalue weighted by Gasteiger charge is -2.17. The zero-order chi connectivity index (χ0) is 15.5. The third kappa shape index (κ3) is 3.72. The number of hydrogen-bond acceptors (Lipinski definition) is 4. The van der Waals surface area contributed by atoms with Gasteiger partial charge in [0.2, 0.25) is 0 Å². The first-order valence-electron chi connectivity index (χ1n) is 7.31. The van der Waals surface area contributed by atoms with E-state index in [-0.39, 0.29) is 10.8 Å². The van der Waals surface area contributed by atoms with Crippen molar-refractivity contribution in [1.82, 2.24) is 14.9 Å². The van der Waals surface area contributed by atoms with Crippen LogP contribution in [0.25, 0.3) is 0 Å². The summed E-state index contributed by atoms with van der Waals surface area (Å²) in [6, 6.07) is 7.29. The van der Waals surface area contributed by atoms with Crippen molar-refractivity contribution in [2.45, 2.75) is 25.9 Å². The van der Waals surface area contributed by atoms with Crippen LogP contribution >= 0.6 is 11.6 Å². The predicted octanol–water partition coefficient (Wildman–Crippen LogP) is 3.26. The van der Waals surface area contributed by atoms with Crippen LogP contribution in [0.3, 0.4) is 0 Å². The van der Waals surface area contributed by atoms with E-state index in [0.717, 1.165) is 43.1 Å². The van der Waals surface area contributed by atoms with Crippen LogP contribution < -0.4 is 5.32 Å². The van der Waals surface area contributed by atoms with Crippen LogP contribution in [0.1, 0.15) is 17.7 Å². The molecule has 1 saturated heterocycles. The summed E-state index contributed by atoms with van der Waals surface area (Å²) in [6.07, 6.45) is 2.61. The van der Waals surface area contributed by atoms with Crippen molar-refractivity contribution in [1.29, 1.82) is 0 Å². The van der Waals surface area contributed by atoms with Crippen LogP contribution in [0.4, 0.5) is 10.2 Å². The molecule has 1 aliphatic heterocycles. The van der Waals surface area contributed by atoms with Gasteiger partial charge in [0.25, 0.3) is 0 Å². The Morgan fingerprint density at radius 3 is 3.00 bits per heavy atom. The fourth-order valence-corrected chi connectivity index (χ4v) is 2.85. The van der Waals surface area contributed by atoms with Gasteiger partial charge < -0.3 is 5.32 Å². The molecular weight excluding hydrogens is 303 g/mol. The molecule has 0 aliphatic carbocycles. The molecule has 6 heteroatoms. The van der Waals surface area contributed by atoms with Crippen molar-refractivity contribution in [3.63, 3.8) is 0 Å². The first kappa shape index (κ1) is 15.2. The zero-order valence-electron chi connectivity index (χ0n) is 12.4. The van der Waals surface area contributed by atoms with Gasteiger partial charge in [0.15, 0.2) is 0 Å². The van der Waals surface area contributed by atoms with E-state index in [4.69, 9.17) is 11.6 Å². The molecule has 0 radical (unpaired) electrons. The Hall–Kier alpha value is -1.72. The fraction of sp³-hybridized carbons (Fsp3) is 0.375. The van der Waals surface area contributed by atoms with Crippen molar-refractivity contribution in [2.24, 2.45) is 0 Å². The molecule has 2 aromatic rings. The smallest absolute Gasteiger partial charge is 0.142 e. The van der Waals surface area contributed by atoms with Crippen molar-refractivity contribution >= 4 is 17.4 Å². The zero-order valence-corrected chi connectivity index (χ0v) is 13.1. The van der Waals surface area contributed by atoms with Gasteiger partial charge in [-0.25, -0.2) is 14.4 Å². The second-order valence-electron chi connectivity index (χ2n) is 5.66. The van der Waals surface area contributed by atoms with E-state index in [1.165, 1.54) is 6.07 Å². The fourth-order valence-electron chi connectivity index (χ4n) is 2.73. The summed E-state index contributed by atoms with van der Waals surface area (Å²) >= 11 is 5.71. The maximum Gasteiger partial charge on any atom is 0.142 e. The number of benzene rings is 1. The normalized spacial score (nSPS) is 18.6. The predicted molar refractivity (Wildman–Crippen MR) is 85.5 cm³/mol. The number of aryl methyl sites for hydroxylation is 1. The molecule has 0 bridgehead atoms. The highest BCUT2D eigenvalue weighted by atomic mass is 35.5. The summed E-state index contributed by atoms with van der Waals surface area (Å²) in [4.78, 5) is 10.6. The highest BCUT2D eigenvalue weighted by Crippen LogP contribution is 2.20. The van der Waals surface area contributed by atoms with Crippen LogP contribution in [-0.4, -0.2) is 34.0 Å². The lowest BCUT2D eigenvalue weighted by molar-refractivity contribution is 0.328. The molecule has 1 fully saturated rings. The number of anilines is 1. The van der Waals surface area contributed by atoms with Crippen molar-refractivity contribution in [3.8, 4) is 0 Å². The van der Waals surface area contributed by atoms with Crippen molar-refractivity contribution < 1.29 is 4.39 Å². The summed E-state index contributed by atoms with van der Waals surface area (Å²) in [7, 11) is 0. The van der Waals surface area contributed by atoms with Crippen molar-refractivity contribution in [2.75, 3.05) is 18.4 Å². The number of aromatic nitrogens is 2. The molecule has 2 heterocycles. The first-order chi connectivity index (χ1) is 10.6. The minimum atomic E-state index is -0.357. The van der Waals surface area contributed by atoms with Gasteiger partial charge >= 0.3 is 0 Å². The summed E-state index contributed by atoms with van der Waals surface area (Å²) < 4.78 is 13.5. The minimum absolute atomic E-state index is 0.170. The maximum absolute atomic E-state index is 13.5. The van der Waals surface area contributed by atoms with Crippen LogP contribution in [0, 0.1) is 12.7 Å². The molecule has 116 valence electrons. The number of nitrogens with one attached hydrogen (secondary N) is 1. The van der Waals surface area contributed by atoms with Crippen LogP contribution in [-0.2, 0) is 6.54 Å². The van der Waals surface area contributed by atoms with Gasteiger partial charge in [0, 0.05) is 37.4 Å². The first-order valence-corrected chi connectivity index (χ1v) is 7.69. The molecule has 1 unspecified atom stereocenters. The molecule has 0 spiro atoms. The quantitative estimate of drug-likeness (QED) is 0.938. The molecule has 1 N–H and O–H groups in total. The van der Waals surface area contributed by atoms with Gasteiger partial charge in [-0.05, 0) is 31.0 Å². The number of hydrogen-bond donors (Lipinski definition) is 1. The summed E-state index contributed by atoms with van der Waals surface area (Å²) in [5, 5.41) is 3.60. The summed E-state index contributed by atoms with van der Waals surface area (Å²) in [5.41, 5.74) is 1.89. The molecule has 4 nitrogen and oxygen atoms in total. The van der Waals surface area contributed by atoms with Gasteiger partial charge in [-0.15, -0.1) is 0 Å². The van der Waals surface area contributed by atoms with E-state index in [2.05, 4.69) is 20.2 Å². The van der Waals surface area contributed by atoms with E-state index in [1.54, 1.807) is 12.4 Å². The Morgan fingerprint density at radius 2 is 2.23 bits per heavy atom. The van der Waals surface area contributed by atoms with Crippen LogP contribution in [0.15, 0.2) is 30.6 Å². The molecular formula is C16H18ClFN4. The summed E-state index contributed by atoms with van der Waals surface area (Å²) in [6.45, 7) is 4.57. The Balaban J connectivity index is 1.57. The third-order valence-corrected chi connectivity index (χ3v) is 4.12. The van der Waals surface area contributed by atoms with E-state index >= 15 is 0 Å². The van der Waals surface area contributed by atoms with Gasteiger partial charge in [0.05, 0.1) is 5.02 Å². The average Bonchev–Trinajstić information content (AvgIpc) is 2.90. The summed E-state index contributed by atoms with van der Waals surface area (Å²) in [5.74, 6) is 0.501. The Labute approximate surface area is 134 Å². The average molecular weight is 321 g/mol. The maximum atomic E-state index is 13.5. The van der Waals surface area contributed by atoms with Gasteiger partial charge in [0.1, 0.15) is 18.0 Å². The Kier molecular flexibility index (Phi) is 4.55. The molecule has 1 atom stereocenters. The van der Waals surface area contributed by atoms with E-state index in [1.807, 2.05) is 19.1 Å². The lowest BCUT2D eigenvalue weighted by atomic mass is 10.2. The lowest BCUT2D eigenvalue weighted by Crippen LogP contribution is -2.26. The van der Waals surface area contributed by atoms with E-state index in [0.29, 0.717) is 6.04 Å². The van der Waals surface area contributed by atoms with E-state index < -0.39 is 0 Å². The number of nitrogens with zero attached hydrogens (tertiary/aromatic N) is 3. The highest BCUT2D eigenvalue weighted by Gasteiger charge is 2.22. The number of rotatable bonds is 4. The van der Waals surface area contributed by atoms with Crippen molar-refractivity contribution in [3.05, 3.63) is 52.7 Å². The molecule has 1 aliphatic rings. The second kappa shape index (κ2) is 6.58. The van der Waals surface area contributed by atoms with Crippen LogP contribution in [0.2, 0.25) is 5.02 Å². The SMILES string of the molecule is Cc1cc(NC2CCN(Cc3ccc(Cl)c(F)c3)C2)ncn1. The Morgan fingerprint density at radius 1 is 1.36 bits per heavy atom. The minimum Gasteiger partial charge on any atom is -0.366 e. The third-order valence-electron chi connectivity index (χ3n) is 3.82. The highest BCUT2D eigenvalue weighted by molar-refractivity contribution is 6.30. The molecule has 0 amide bonds.